The highest BCUT2D eigenvalue weighted by Gasteiger charge is 2.22. The normalized spacial score (nSPS) is 13.3. The van der Waals surface area contributed by atoms with Gasteiger partial charge in [0.15, 0.2) is 17.2 Å². The van der Waals surface area contributed by atoms with Gasteiger partial charge in [0, 0.05) is 5.56 Å². The van der Waals surface area contributed by atoms with E-state index in [1.807, 2.05) is 43.3 Å². The summed E-state index contributed by atoms with van der Waals surface area (Å²) < 4.78 is 5.27. The molecule has 0 atom stereocenters. The lowest BCUT2D eigenvalue weighted by atomic mass is 10.0. The van der Waals surface area contributed by atoms with Gasteiger partial charge in [0.25, 0.3) is 0 Å². The second kappa shape index (κ2) is 6.00. The minimum absolute atomic E-state index is 0.102. The van der Waals surface area contributed by atoms with Crippen molar-refractivity contribution in [1.29, 1.82) is 10.5 Å². The van der Waals surface area contributed by atoms with E-state index >= 15 is 0 Å². The van der Waals surface area contributed by atoms with Crippen molar-refractivity contribution in [1.82, 2.24) is 5.43 Å². The Morgan fingerprint density at radius 2 is 1.87 bits per heavy atom. The highest BCUT2D eigenvalue weighted by molar-refractivity contribution is 6.17. The molecule has 1 aliphatic rings. The van der Waals surface area contributed by atoms with E-state index in [9.17, 15) is 10.5 Å². The molecule has 0 unspecified atom stereocenters. The molecule has 1 aliphatic heterocycles. The fourth-order valence-corrected chi connectivity index (χ4v) is 2.09. The van der Waals surface area contributed by atoms with Crippen molar-refractivity contribution in [2.75, 3.05) is 0 Å². The lowest BCUT2D eigenvalue weighted by molar-refractivity contribution is 0.553. The number of benzene rings is 1. The van der Waals surface area contributed by atoms with Gasteiger partial charge in [-0.05, 0) is 19.1 Å². The molecule has 0 bridgehead atoms. The first-order chi connectivity index (χ1) is 11.2. The van der Waals surface area contributed by atoms with Crippen molar-refractivity contribution in [2.45, 2.75) is 6.92 Å². The minimum atomic E-state index is -0.102. The smallest absolute Gasteiger partial charge is 0.190 e. The van der Waals surface area contributed by atoms with Gasteiger partial charge in [0.2, 0.25) is 0 Å². The lowest BCUT2D eigenvalue weighted by Gasteiger charge is -2.15. The molecule has 6 nitrogen and oxygen atoms in total. The molecule has 110 valence electrons. The van der Waals surface area contributed by atoms with Gasteiger partial charge in [-0.15, -0.1) is 0 Å². The fraction of sp³-hybridized carbons (Fsp3) is 0.0588. The Bertz CT molecular complexity index is 887. The van der Waals surface area contributed by atoms with Gasteiger partial charge in [0.05, 0.1) is 6.26 Å². The summed E-state index contributed by atoms with van der Waals surface area (Å²) >= 11 is 0. The van der Waals surface area contributed by atoms with E-state index in [-0.39, 0.29) is 11.3 Å². The zero-order chi connectivity index (χ0) is 16.2. The van der Waals surface area contributed by atoms with Gasteiger partial charge in [-0.2, -0.15) is 15.6 Å². The molecular weight excluding hydrogens is 290 g/mol. The number of amidine groups is 1. The minimum Gasteiger partial charge on any atom is -0.461 e. The van der Waals surface area contributed by atoms with E-state index in [0.717, 1.165) is 11.1 Å². The first kappa shape index (κ1) is 14.3. The molecule has 1 aromatic carbocycles. The summed E-state index contributed by atoms with van der Waals surface area (Å²) in [5.74, 6) is 0.827. The topological polar surface area (TPSA) is 97.5 Å². The van der Waals surface area contributed by atoms with Gasteiger partial charge in [-0.1, -0.05) is 29.8 Å². The van der Waals surface area contributed by atoms with Crippen LogP contribution in [0.3, 0.4) is 0 Å². The quantitative estimate of drug-likeness (QED) is 0.862. The van der Waals surface area contributed by atoms with Crippen LogP contribution in [0.4, 0.5) is 0 Å². The summed E-state index contributed by atoms with van der Waals surface area (Å²) in [6.07, 6.45) is 1.51. The van der Waals surface area contributed by atoms with Gasteiger partial charge in [-0.3, -0.25) is 5.43 Å². The molecule has 0 fully saturated rings. The molecule has 6 heteroatoms. The Morgan fingerprint density at radius 1 is 1.13 bits per heavy atom. The van der Waals surface area contributed by atoms with Crippen molar-refractivity contribution in [2.24, 2.45) is 10.1 Å². The summed E-state index contributed by atoms with van der Waals surface area (Å²) in [5, 5.41) is 22.7. The summed E-state index contributed by atoms with van der Waals surface area (Å²) in [5.41, 5.74) is 5.24. The highest BCUT2D eigenvalue weighted by Crippen LogP contribution is 2.19. The average Bonchev–Trinajstić information content (AvgIpc) is 3.11. The number of nitrogens with zero attached hydrogens (tertiary/aromatic N) is 4. The number of hydrogen-bond donors (Lipinski definition) is 1. The molecule has 2 aromatic rings. The molecule has 0 aliphatic carbocycles. The summed E-state index contributed by atoms with van der Waals surface area (Å²) in [6, 6.07) is 14.8. The number of nitrogens with one attached hydrogen (secondary N) is 1. The van der Waals surface area contributed by atoms with Gasteiger partial charge in [-0.25, -0.2) is 4.99 Å². The molecule has 1 aromatic heterocycles. The van der Waals surface area contributed by atoms with Crippen LogP contribution in [0, 0.1) is 29.6 Å². The predicted octanol–water partition coefficient (Wildman–Crippen LogP) is 2.64. The number of nitriles is 2. The second-order valence-electron chi connectivity index (χ2n) is 4.82. The number of aliphatic imine (C=N–C) groups is 1. The number of allylic oxidation sites excluding steroid dienone is 2. The summed E-state index contributed by atoms with van der Waals surface area (Å²) in [7, 11) is 0. The fourth-order valence-electron chi connectivity index (χ4n) is 2.09. The standard InChI is InChI=1S/C17H11N5O/c1-11-4-6-12(7-5-11)16-15(13(9-18)10-19)20-17(22-21-16)14-3-2-8-23-14/h2-8H,1H3,(H,20,22). The number of aryl methyl sites for hydroxylation is 1. The number of rotatable bonds is 2. The van der Waals surface area contributed by atoms with Crippen LogP contribution in [-0.2, 0) is 0 Å². The molecular formula is C17H11N5O. The van der Waals surface area contributed by atoms with Crippen molar-refractivity contribution < 1.29 is 4.42 Å². The first-order valence-electron chi connectivity index (χ1n) is 6.81. The number of hydrazone groups is 1. The molecule has 23 heavy (non-hydrogen) atoms. The molecule has 0 saturated heterocycles. The zero-order valence-electron chi connectivity index (χ0n) is 12.2. The van der Waals surface area contributed by atoms with Gasteiger partial charge < -0.3 is 4.42 Å². The zero-order valence-corrected chi connectivity index (χ0v) is 12.2. The molecule has 2 heterocycles. The molecule has 0 saturated carbocycles. The van der Waals surface area contributed by atoms with Crippen LogP contribution in [0.15, 0.2) is 68.4 Å². The molecule has 1 N–H and O–H groups in total. The Morgan fingerprint density at radius 3 is 2.48 bits per heavy atom. The maximum atomic E-state index is 9.21. The Kier molecular flexibility index (Phi) is 3.73. The molecule has 0 radical (unpaired) electrons. The van der Waals surface area contributed by atoms with E-state index in [4.69, 9.17) is 4.42 Å². The van der Waals surface area contributed by atoms with Crippen LogP contribution in [0.5, 0.6) is 0 Å². The lowest BCUT2D eigenvalue weighted by Crippen LogP contribution is -2.27. The van der Waals surface area contributed by atoms with E-state index in [1.165, 1.54) is 6.26 Å². The average molecular weight is 301 g/mol. The largest absolute Gasteiger partial charge is 0.461 e. The third-order valence-electron chi connectivity index (χ3n) is 3.26. The summed E-state index contributed by atoms with van der Waals surface area (Å²) in [4.78, 5) is 4.36. The van der Waals surface area contributed by atoms with Crippen molar-refractivity contribution in [3.63, 3.8) is 0 Å². The maximum absolute atomic E-state index is 9.21. The van der Waals surface area contributed by atoms with Crippen LogP contribution in [0.2, 0.25) is 0 Å². The van der Waals surface area contributed by atoms with Gasteiger partial charge in [0.1, 0.15) is 23.5 Å². The third kappa shape index (κ3) is 2.74. The second-order valence-corrected chi connectivity index (χ2v) is 4.82. The van der Waals surface area contributed by atoms with E-state index in [1.54, 1.807) is 12.1 Å². The van der Waals surface area contributed by atoms with E-state index in [0.29, 0.717) is 17.3 Å². The number of hydrogen-bond acceptors (Lipinski definition) is 6. The highest BCUT2D eigenvalue weighted by atomic mass is 16.3. The van der Waals surface area contributed by atoms with Crippen molar-refractivity contribution in [3.05, 3.63) is 70.8 Å². The van der Waals surface area contributed by atoms with Crippen molar-refractivity contribution >= 4 is 11.5 Å². The third-order valence-corrected chi connectivity index (χ3v) is 3.26. The predicted molar refractivity (Wildman–Crippen MR) is 84.3 cm³/mol. The maximum Gasteiger partial charge on any atom is 0.190 e. The van der Waals surface area contributed by atoms with Crippen LogP contribution in [-0.4, -0.2) is 11.5 Å². The first-order valence-corrected chi connectivity index (χ1v) is 6.81. The molecule has 3 rings (SSSR count). The van der Waals surface area contributed by atoms with Crippen LogP contribution in [0.1, 0.15) is 16.9 Å². The van der Waals surface area contributed by atoms with E-state index in [2.05, 4.69) is 15.5 Å². The van der Waals surface area contributed by atoms with Crippen LogP contribution < -0.4 is 5.43 Å². The van der Waals surface area contributed by atoms with Crippen LogP contribution >= 0.6 is 0 Å². The summed E-state index contributed by atoms with van der Waals surface area (Å²) in [6.45, 7) is 1.98. The number of furan rings is 1. The molecule has 0 amide bonds. The Labute approximate surface area is 132 Å². The van der Waals surface area contributed by atoms with Gasteiger partial charge >= 0.3 is 0 Å². The van der Waals surface area contributed by atoms with E-state index < -0.39 is 0 Å². The van der Waals surface area contributed by atoms with Crippen LogP contribution in [0.25, 0.3) is 0 Å². The SMILES string of the molecule is Cc1ccc(C2=NNC(c3ccco3)=NC2=C(C#N)C#N)cc1. The van der Waals surface area contributed by atoms with Crippen molar-refractivity contribution in [3.8, 4) is 12.1 Å². The Hall–Kier alpha value is -3.64. The monoisotopic (exact) mass is 301 g/mol. The Balaban J connectivity index is 2.12. The molecule has 0 spiro atoms.